The smallest absolute Gasteiger partial charge is 0.291 e. The van der Waals surface area contributed by atoms with Crippen molar-refractivity contribution in [3.63, 3.8) is 0 Å². The number of hydrogen-bond acceptors (Lipinski definition) is 13. The SMILES string of the molecule is CC(=O)N1CCc2c(c(N(C)c3ccc(-c4ccc5nnc(C(=O)N[C@H](C(=O)N6C[C@H](O)C[C@H]6C(=O)NCc6ccc(-c7scnc7C)cc6)C(C)(C)C)nc5c4)cc3)nn2C2CCOCC2)C1. The predicted octanol–water partition coefficient (Wildman–Crippen LogP) is 5.77. The van der Waals surface area contributed by atoms with E-state index in [1.807, 2.05) is 106 Å². The van der Waals surface area contributed by atoms with Crippen LogP contribution < -0.4 is 15.5 Å². The van der Waals surface area contributed by atoms with E-state index in [1.165, 1.54) is 10.6 Å². The molecule has 354 valence electrons. The Morgan fingerprint density at radius 3 is 2.37 bits per heavy atom. The number of nitrogens with one attached hydrogen (secondary N) is 2. The van der Waals surface area contributed by atoms with Gasteiger partial charge in [0.2, 0.25) is 23.5 Å². The van der Waals surface area contributed by atoms with Gasteiger partial charge in [0, 0.05) is 76.6 Å². The number of aliphatic hydroxyl groups is 1. The van der Waals surface area contributed by atoms with Crippen molar-refractivity contribution in [2.45, 2.75) is 97.6 Å². The van der Waals surface area contributed by atoms with Gasteiger partial charge in [-0.25, -0.2) is 9.97 Å². The Morgan fingerprint density at radius 2 is 1.68 bits per heavy atom. The molecule has 2 saturated heterocycles. The molecular weight excluding hydrogens is 883 g/mol. The number of likely N-dealkylation sites (tertiary alicyclic amines) is 1. The van der Waals surface area contributed by atoms with Gasteiger partial charge >= 0.3 is 0 Å². The highest BCUT2D eigenvalue weighted by Crippen LogP contribution is 2.37. The van der Waals surface area contributed by atoms with Crippen LogP contribution in [0.5, 0.6) is 0 Å². The van der Waals surface area contributed by atoms with Crippen molar-refractivity contribution in [3.05, 3.63) is 101 Å². The largest absolute Gasteiger partial charge is 0.391 e. The Kier molecular flexibility index (Phi) is 13.1. The maximum absolute atomic E-state index is 14.3. The number of aliphatic hydroxyl groups excluding tert-OH is 1. The first-order valence-corrected chi connectivity index (χ1v) is 24.0. The topological polar surface area (TPSA) is 201 Å². The molecule has 3 atom stereocenters. The van der Waals surface area contributed by atoms with Crippen LogP contribution in [-0.2, 0) is 38.6 Å². The van der Waals surface area contributed by atoms with Gasteiger partial charge in [0.25, 0.3) is 5.91 Å². The summed E-state index contributed by atoms with van der Waals surface area (Å²) in [6, 6.07) is 19.8. The number of fused-ring (bicyclic) bond motifs is 2. The summed E-state index contributed by atoms with van der Waals surface area (Å²) in [4.78, 5) is 69.6. The molecule has 3 aromatic heterocycles. The van der Waals surface area contributed by atoms with Crippen molar-refractivity contribution in [3.8, 4) is 21.6 Å². The summed E-state index contributed by atoms with van der Waals surface area (Å²) in [5, 5.41) is 30.1. The van der Waals surface area contributed by atoms with Gasteiger partial charge in [-0.1, -0.05) is 63.2 Å². The minimum Gasteiger partial charge on any atom is -0.391 e. The Morgan fingerprint density at radius 1 is 0.956 bits per heavy atom. The number of carbonyl (C=O) groups excluding carboxylic acids is 4. The van der Waals surface area contributed by atoms with Gasteiger partial charge in [0.05, 0.1) is 40.3 Å². The Labute approximate surface area is 398 Å². The van der Waals surface area contributed by atoms with Gasteiger partial charge in [-0.05, 0) is 71.7 Å². The first kappa shape index (κ1) is 46.5. The van der Waals surface area contributed by atoms with Crippen LogP contribution >= 0.6 is 11.3 Å². The van der Waals surface area contributed by atoms with E-state index in [0.29, 0.717) is 37.3 Å². The van der Waals surface area contributed by atoms with Gasteiger partial charge in [-0.15, -0.1) is 21.5 Å². The fourth-order valence-corrected chi connectivity index (χ4v) is 10.2. The number of β-amino-alcohol motifs (C(OH)–C–C–N with tert-alkyl or cyclic N) is 1. The zero-order chi connectivity index (χ0) is 47.9. The number of aryl methyl sites for hydroxylation is 1. The van der Waals surface area contributed by atoms with E-state index in [4.69, 9.17) is 9.84 Å². The molecule has 0 bridgehead atoms. The summed E-state index contributed by atoms with van der Waals surface area (Å²) >= 11 is 1.57. The molecule has 0 spiro atoms. The molecule has 0 saturated carbocycles. The highest BCUT2D eigenvalue weighted by Gasteiger charge is 2.45. The molecule has 4 amide bonds. The maximum atomic E-state index is 14.3. The third-order valence-electron chi connectivity index (χ3n) is 13.3. The summed E-state index contributed by atoms with van der Waals surface area (Å²) < 4.78 is 7.83. The molecule has 3 aliphatic rings. The molecule has 9 rings (SSSR count). The number of thiazole rings is 1. The van der Waals surface area contributed by atoms with E-state index >= 15 is 0 Å². The van der Waals surface area contributed by atoms with Gasteiger partial charge in [-0.3, -0.25) is 23.9 Å². The lowest BCUT2D eigenvalue weighted by atomic mass is 9.85. The van der Waals surface area contributed by atoms with Crippen LogP contribution in [0.25, 0.3) is 32.6 Å². The second-order valence-electron chi connectivity index (χ2n) is 19.0. The number of aromatic nitrogens is 6. The minimum atomic E-state index is -1.09. The highest BCUT2D eigenvalue weighted by atomic mass is 32.1. The van der Waals surface area contributed by atoms with E-state index in [1.54, 1.807) is 24.3 Å². The lowest BCUT2D eigenvalue weighted by Crippen LogP contribution is -2.57. The van der Waals surface area contributed by atoms with Crippen molar-refractivity contribution in [2.75, 3.05) is 38.3 Å². The number of rotatable bonds is 11. The molecule has 18 heteroatoms. The highest BCUT2D eigenvalue weighted by molar-refractivity contribution is 7.13. The minimum absolute atomic E-state index is 0.0490. The van der Waals surface area contributed by atoms with E-state index < -0.39 is 41.3 Å². The van der Waals surface area contributed by atoms with Crippen LogP contribution in [0, 0.1) is 12.3 Å². The molecular formula is C50H57N11O6S. The average molecular weight is 940 g/mol. The van der Waals surface area contributed by atoms with Gasteiger partial charge in [-0.2, -0.15) is 5.10 Å². The quantitative estimate of drug-likeness (QED) is 0.142. The standard InChI is InChI=1S/C50H57N11O6S/c1-29-43(68-28-52-29)33-9-7-31(8-10-33)25-51-47(64)42-24-37(63)26-60(42)49(66)44(50(3,4)5)54-48(65)45-53-40-23-34(13-16-39(40)55-56-45)32-11-14-35(15-12-32)58(6)46-38-27-59(30(2)62)20-17-41(38)61(57-46)36-18-21-67-22-19-36/h7-16,23,28,36-37,42,44,63H,17-22,24-27H2,1-6H3,(H,51,64)(H,54,65)/t37-,42+,44-/m1/s1. The molecule has 6 aromatic rings. The van der Waals surface area contributed by atoms with Gasteiger partial charge in [0.15, 0.2) is 5.82 Å². The Hall–Kier alpha value is -6.63. The van der Waals surface area contributed by atoms with Crippen molar-refractivity contribution in [2.24, 2.45) is 5.41 Å². The Balaban J connectivity index is 0.883. The molecule has 3 N–H and O–H groups in total. The molecule has 3 aromatic carbocycles. The van der Waals surface area contributed by atoms with Crippen molar-refractivity contribution >= 4 is 57.5 Å². The van der Waals surface area contributed by atoms with Crippen molar-refractivity contribution < 1.29 is 29.0 Å². The summed E-state index contributed by atoms with van der Waals surface area (Å²) in [6.07, 6.45) is 1.71. The lowest BCUT2D eigenvalue weighted by molar-refractivity contribution is -0.142. The predicted molar refractivity (Wildman–Crippen MR) is 258 cm³/mol. The summed E-state index contributed by atoms with van der Waals surface area (Å²) in [5.74, 6) is -0.923. The molecule has 0 unspecified atom stereocenters. The lowest BCUT2D eigenvalue weighted by Gasteiger charge is -2.35. The van der Waals surface area contributed by atoms with E-state index in [2.05, 4.69) is 40.4 Å². The number of anilines is 2. The summed E-state index contributed by atoms with van der Waals surface area (Å²) in [6.45, 7) is 11.8. The second-order valence-corrected chi connectivity index (χ2v) is 19.9. The molecule has 3 aliphatic heterocycles. The third kappa shape index (κ3) is 9.57. The van der Waals surface area contributed by atoms with Gasteiger partial charge in [0.1, 0.15) is 17.6 Å². The third-order valence-corrected chi connectivity index (χ3v) is 14.3. The number of carbonyl (C=O) groups is 4. The molecule has 17 nitrogen and oxygen atoms in total. The monoisotopic (exact) mass is 939 g/mol. The van der Waals surface area contributed by atoms with Crippen LogP contribution in [-0.4, -0.2) is 120 Å². The number of amides is 4. The van der Waals surface area contributed by atoms with Crippen LogP contribution in [0.1, 0.15) is 86.1 Å². The fraction of sp³-hybridized carbons (Fsp3) is 0.420. The zero-order valence-corrected chi connectivity index (χ0v) is 40.0. The second kappa shape index (κ2) is 19.2. The molecule has 0 radical (unpaired) electrons. The van der Waals surface area contributed by atoms with Crippen LogP contribution in [0.3, 0.4) is 0 Å². The van der Waals surface area contributed by atoms with E-state index in [9.17, 15) is 24.3 Å². The number of nitrogens with zero attached hydrogens (tertiary/aromatic N) is 9. The van der Waals surface area contributed by atoms with E-state index in [-0.39, 0.29) is 37.3 Å². The first-order chi connectivity index (χ1) is 32.6. The van der Waals surface area contributed by atoms with E-state index in [0.717, 1.165) is 69.2 Å². The number of ether oxygens (including phenoxy) is 1. The molecule has 6 heterocycles. The Bertz CT molecular complexity index is 2850. The van der Waals surface area contributed by atoms with Crippen LogP contribution in [0.4, 0.5) is 11.5 Å². The van der Waals surface area contributed by atoms with Crippen molar-refractivity contribution in [1.82, 2.24) is 50.4 Å². The zero-order valence-electron chi connectivity index (χ0n) is 39.2. The summed E-state index contributed by atoms with van der Waals surface area (Å²) in [7, 11) is 2.00. The summed E-state index contributed by atoms with van der Waals surface area (Å²) in [5.41, 5.74) is 9.77. The van der Waals surface area contributed by atoms with Crippen LogP contribution in [0.15, 0.2) is 72.2 Å². The molecule has 68 heavy (non-hydrogen) atoms. The molecule has 2 fully saturated rings. The number of benzene rings is 3. The average Bonchev–Trinajstić information content (AvgIpc) is 4.08. The normalized spacial score (nSPS) is 18.0. The fourth-order valence-electron chi connectivity index (χ4n) is 9.39. The molecule has 0 aliphatic carbocycles. The van der Waals surface area contributed by atoms with Crippen molar-refractivity contribution in [1.29, 1.82) is 0 Å². The maximum Gasteiger partial charge on any atom is 0.291 e. The number of hydrogen-bond donors (Lipinski definition) is 3. The first-order valence-electron chi connectivity index (χ1n) is 23.1. The van der Waals surface area contributed by atoms with Crippen LogP contribution in [0.2, 0.25) is 0 Å². The van der Waals surface area contributed by atoms with Gasteiger partial charge < -0.3 is 35.2 Å².